The Morgan fingerprint density at radius 2 is 2.00 bits per heavy atom. The molecule has 2 rings (SSSR count). The van der Waals surface area contributed by atoms with Crippen molar-refractivity contribution in [3.63, 3.8) is 0 Å². The predicted octanol–water partition coefficient (Wildman–Crippen LogP) is 4.51. The van der Waals surface area contributed by atoms with Crippen molar-refractivity contribution in [3.05, 3.63) is 16.4 Å². The number of rotatable bonds is 3. The fourth-order valence-electron chi connectivity index (χ4n) is 2.46. The van der Waals surface area contributed by atoms with Gasteiger partial charge in [-0.15, -0.1) is 11.6 Å². The highest BCUT2D eigenvalue weighted by Crippen LogP contribution is 2.38. The first-order valence-electron chi connectivity index (χ1n) is 5.98. The van der Waals surface area contributed by atoms with Crippen LogP contribution in [-0.2, 0) is 5.88 Å². The van der Waals surface area contributed by atoms with Gasteiger partial charge in [-0.3, -0.25) is 4.68 Å². The lowest BCUT2D eigenvalue weighted by Gasteiger charge is -2.07. The average Bonchev–Trinajstić information content (AvgIpc) is 2.83. The van der Waals surface area contributed by atoms with E-state index in [4.69, 9.17) is 23.2 Å². The zero-order valence-corrected chi connectivity index (χ0v) is 11.4. The molecule has 0 N–H and O–H groups in total. The molecule has 0 spiro atoms. The van der Waals surface area contributed by atoms with Crippen molar-refractivity contribution in [3.8, 4) is 0 Å². The van der Waals surface area contributed by atoms with Crippen LogP contribution in [-0.4, -0.2) is 9.78 Å². The van der Waals surface area contributed by atoms with Gasteiger partial charge >= 0.3 is 0 Å². The Hall–Kier alpha value is -0.210. The van der Waals surface area contributed by atoms with E-state index >= 15 is 0 Å². The van der Waals surface area contributed by atoms with Crippen molar-refractivity contribution in [2.24, 2.45) is 0 Å². The summed E-state index contributed by atoms with van der Waals surface area (Å²) in [5, 5.41) is 5.39. The number of hydrogen-bond donors (Lipinski definition) is 0. The molecule has 4 heteroatoms. The lowest BCUT2D eigenvalue weighted by atomic mass is 10.0. The third-order valence-electron chi connectivity index (χ3n) is 3.34. The lowest BCUT2D eigenvalue weighted by molar-refractivity contribution is 0.518. The lowest BCUT2D eigenvalue weighted by Crippen LogP contribution is -2.04. The van der Waals surface area contributed by atoms with Crippen LogP contribution in [0.1, 0.15) is 62.7 Å². The van der Waals surface area contributed by atoms with Gasteiger partial charge in [0.05, 0.1) is 11.6 Å². The van der Waals surface area contributed by atoms with Gasteiger partial charge in [0.25, 0.3) is 0 Å². The van der Waals surface area contributed by atoms with Crippen molar-refractivity contribution in [2.75, 3.05) is 0 Å². The van der Waals surface area contributed by atoms with Crippen molar-refractivity contribution < 1.29 is 0 Å². The van der Waals surface area contributed by atoms with Gasteiger partial charge in [0, 0.05) is 17.5 Å². The summed E-state index contributed by atoms with van der Waals surface area (Å²) in [5.74, 6) is 1.04. The molecule has 0 atom stereocenters. The Labute approximate surface area is 107 Å². The van der Waals surface area contributed by atoms with Gasteiger partial charge in [-0.2, -0.15) is 5.10 Å². The third-order valence-corrected chi connectivity index (χ3v) is 4.01. The Morgan fingerprint density at radius 1 is 1.38 bits per heavy atom. The number of hydrogen-bond acceptors (Lipinski definition) is 1. The Morgan fingerprint density at radius 3 is 2.50 bits per heavy atom. The number of halogens is 2. The van der Waals surface area contributed by atoms with Crippen molar-refractivity contribution in [2.45, 2.75) is 57.4 Å². The monoisotopic (exact) mass is 260 g/mol. The summed E-state index contributed by atoms with van der Waals surface area (Å²) in [5.41, 5.74) is 2.19. The molecule has 1 fully saturated rings. The molecule has 0 unspecified atom stereocenters. The van der Waals surface area contributed by atoms with E-state index in [0.29, 0.717) is 17.8 Å². The molecular formula is C12H18Cl2N2. The molecule has 1 saturated carbocycles. The van der Waals surface area contributed by atoms with Gasteiger partial charge in [-0.1, -0.05) is 24.4 Å². The predicted molar refractivity (Wildman–Crippen MR) is 68.4 cm³/mol. The second-order valence-electron chi connectivity index (χ2n) is 4.81. The first-order valence-corrected chi connectivity index (χ1v) is 6.89. The van der Waals surface area contributed by atoms with Gasteiger partial charge in [0.15, 0.2) is 0 Å². The van der Waals surface area contributed by atoms with Crippen molar-refractivity contribution in [1.82, 2.24) is 9.78 Å². The molecule has 0 radical (unpaired) electrons. The number of alkyl halides is 1. The smallest absolute Gasteiger partial charge is 0.132 e. The fourth-order valence-corrected chi connectivity index (χ4v) is 3.19. The summed E-state index contributed by atoms with van der Waals surface area (Å²) in [6.45, 7) is 4.19. The second kappa shape index (κ2) is 4.97. The van der Waals surface area contributed by atoms with Crippen LogP contribution in [0.3, 0.4) is 0 Å². The van der Waals surface area contributed by atoms with Crippen LogP contribution in [0.4, 0.5) is 0 Å². The van der Waals surface area contributed by atoms with Gasteiger partial charge in [-0.25, -0.2) is 0 Å². The highest BCUT2D eigenvalue weighted by Gasteiger charge is 2.26. The maximum atomic E-state index is 6.32. The maximum absolute atomic E-state index is 6.32. The minimum Gasteiger partial charge on any atom is -0.251 e. The number of aromatic nitrogens is 2. The van der Waals surface area contributed by atoms with E-state index in [1.807, 2.05) is 4.68 Å². The minimum absolute atomic E-state index is 0.296. The van der Waals surface area contributed by atoms with Gasteiger partial charge in [0.2, 0.25) is 0 Å². The van der Waals surface area contributed by atoms with Gasteiger partial charge in [0.1, 0.15) is 5.15 Å². The summed E-state index contributed by atoms with van der Waals surface area (Å²) >= 11 is 12.3. The van der Waals surface area contributed by atoms with E-state index in [9.17, 15) is 0 Å². The van der Waals surface area contributed by atoms with E-state index in [1.165, 1.54) is 25.7 Å². The molecule has 1 heterocycles. The van der Waals surface area contributed by atoms with E-state index in [-0.39, 0.29) is 0 Å². The first kappa shape index (κ1) is 12.3. The maximum Gasteiger partial charge on any atom is 0.132 e. The second-order valence-corrected chi connectivity index (χ2v) is 5.43. The minimum atomic E-state index is 0.296. The summed E-state index contributed by atoms with van der Waals surface area (Å²) in [4.78, 5) is 0. The molecule has 90 valence electrons. The summed E-state index contributed by atoms with van der Waals surface area (Å²) in [7, 11) is 0. The van der Waals surface area contributed by atoms with Crippen molar-refractivity contribution in [1.29, 1.82) is 0 Å². The average molecular weight is 261 g/mol. The molecule has 1 aliphatic rings. The molecule has 0 amide bonds. The summed E-state index contributed by atoms with van der Waals surface area (Å²) in [6, 6.07) is 0.296. The van der Waals surface area contributed by atoms with Crippen LogP contribution < -0.4 is 0 Å². The summed E-state index contributed by atoms with van der Waals surface area (Å²) < 4.78 is 1.90. The van der Waals surface area contributed by atoms with E-state index in [2.05, 4.69) is 18.9 Å². The molecule has 0 saturated heterocycles. The normalized spacial score (nSPS) is 17.6. The molecule has 0 aliphatic heterocycles. The zero-order valence-electron chi connectivity index (χ0n) is 9.84. The molecule has 1 aromatic rings. The molecule has 1 aromatic heterocycles. The fraction of sp³-hybridized carbons (Fsp3) is 0.750. The topological polar surface area (TPSA) is 17.8 Å². The number of nitrogens with zero attached hydrogens (tertiary/aromatic N) is 2. The zero-order chi connectivity index (χ0) is 11.7. The molecule has 0 bridgehead atoms. The molecule has 16 heavy (non-hydrogen) atoms. The molecule has 1 aliphatic carbocycles. The van der Waals surface area contributed by atoms with Crippen LogP contribution >= 0.6 is 23.2 Å². The Bertz CT molecular complexity index is 365. The third kappa shape index (κ3) is 2.10. The SMILES string of the molecule is CC(C)n1nc(C2CCCC2)c(CCl)c1Cl. The highest BCUT2D eigenvalue weighted by molar-refractivity contribution is 6.31. The molecule has 2 nitrogen and oxygen atoms in total. The van der Waals surface area contributed by atoms with Crippen LogP contribution in [0.25, 0.3) is 0 Å². The Balaban J connectivity index is 2.39. The van der Waals surface area contributed by atoms with Crippen LogP contribution in [0, 0.1) is 0 Å². The van der Waals surface area contributed by atoms with Gasteiger partial charge < -0.3 is 0 Å². The van der Waals surface area contributed by atoms with Gasteiger partial charge in [-0.05, 0) is 26.7 Å². The van der Waals surface area contributed by atoms with E-state index < -0.39 is 0 Å². The van der Waals surface area contributed by atoms with Crippen LogP contribution in [0.15, 0.2) is 0 Å². The van der Waals surface area contributed by atoms with Crippen molar-refractivity contribution >= 4 is 23.2 Å². The van der Waals surface area contributed by atoms with Crippen LogP contribution in [0.5, 0.6) is 0 Å². The quantitative estimate of drug-likeness (QED) is 0.732. The standard InChI is InChI=1S/C12H18Cl2N2/c1-8(2)16-12(14)10(7-13)11(15-16)9-5-3-4-6-9/h8-9H,3-7H2,1-2H3. The summed E-state index contributed by atoms with van der Waals surface area (Å²) in [6.07, 6.45) is 5.07. The van der Waals surface area contributed by atoms with E-state index in [0.717, 1.165) is 16.4 Å². The van der Waals surface area contributed by atoms with E-state index in [1.54, 1.807) is 0 Å². The largest absolute Gasteiger partial charge is 0.251 e. The first-order chi connectivity index (χ1) is 7.65. The van der Waals surface area contributed by atoms with Crippen LogP contribution in [0.2, 0.25) is 5.15 Å². The highest BCUT2D eigenvalue weighted by atomic mass is 35.5. The molecule has 0 aromatic carbocycles. The Kier molecular flexibility index (Phi) is 3.81. The molecular weight excluding hydrogens is 243 g/mol.